The third-order valence-corrected chi connectivity index (χ3v) is 3.18. The van der Waals surface area contributed by atoms with Crippen LogP contribution in [-0.4, -0.2) is 40.7 Å². The Labute approximate surface area is 110 Å². The minimum Gasteiger partial charge on any atom is -0.394 e. The summed E-state index contributed by atoms with van der Waals surface area (Å²) in [5.74, 6) is 0. The van der Waals surface area contributed by atoms with Gasteiger partial charge in [0.2, 0.25) is 0 Å². The third-order valence-electron chi connectivity index (χ3n) is 2.82. The fourth-order valence-corrected chi connectivity index (χ4v) is 2.10. The van der Waals surface area contributed by atoms with E-state index in [1.807, 2.05) is 0 Å². The molecular formula is C11H16ClN3O3. The van der Waals surface area contributed by atoms with Gasteiger partial charge in [0.05, 0.1) is 31.6 Å². The Morgan fingerprint density at radius 3 is 3.17 bits per heavy atom. The summed E-state index contributed by atoms with van der Waals surface area (Å²) in [6.45, 7) is 1.39. The molecule has 7 heteroatoms. The second kappa shape index (κ2) is 6.17. The molecule has 2 N–H and O–H groups in total. The van der Waals surface area contributed by atoms with Crippen LogP contribution in [0.1, 0.15) is 12.8 Å². The normalized spacial score (nSPS) is 19.8. The van der Waals surface area contributed by atoms with Crippen LogP contribution in [0.5, 0.6) is 0 Å². The molecule has 2 heterocycles. The van der Waals surface area contributed by atoms with E-state index in [0.717, 1.165) is 24.1 Å². The average Bonchev–Trinajstić information content (AvgIpc) is 2.40. The van der Waals surface area contributed by atoms with E-state index in [1.165, 1.54) is 6.20 Å². The van der Waals surface area contributed by atoms with Crippen molar-refractivity contribution in [1.82, 2.24) is 9.78 Å². The van der Waals surface area contributed by atoms with Gasteiger partial charge in [-0.15, -0.1) is 0 Å². The lowest BCUT2D eigenvalue weighted by atomic mass is 10.1. The molecule has 0 radical (unpaired) electrons. The van der Waals surface area contributed by atoms with E-state index in [1.54, 1.807) is 0 Å². The molecule has 1 aliphatic heterocycles. The van der Waals surface area contributed by atoms with E-state index in [0.29, 0.717) is 12.3 Å². The maximum absolute atomic E-state index is 11.8. The van der Waals surface area contributed by atoms with Crippen LogP contribution in [-0.2, 0) is 11.3 Å². The summed E-state index contributed by atoms with van der Waals surface area (Å²) >= 11 is 6.00. The predicted molar refractivity (Wildman–Crippen MR) is 68.1 cm³/mol. The molecule has 100 valence electrons. The van der Waals surface area contributed by atoms with E-state index >= 15 is 0 Å². The quantitative estimate of drug-likeness (QED) is 0.834. The van der Waals surface area contributed by atoms with Crippen LogP contribution in [0.3, 0.4) is 0 Å². The third kappa shape index (κ3) is 3.01. The molecule has 0 saturated carbocycles. The first-order valence-electron chi connectivity index (χ1n) is 5.93. The summed E-state index contributed by atoms with van der Waals surface area (Å²) < 4.78 is 6.49. The number of aromatic nitrogens is 2. The number of ether oxygens (including phenoxy) is 1. The molecule has 18 heavy (non-hydrogen) atoms. The zero-order valence-electron chi connectivity index (χ0n) is 9.93. The number of aliphatic hydroxyl groups is 1. The highest BCUT2D eigenvalue weighted by Gasteiger charge is 2.16. The molecule has 0 spiro atoms. The van der Waals surface area contributed by atoms with Crippen molar-refractivity contribution in [3.63, 3.8) is 0 Å². The first-order chi connectivity index (χ1) is 8.72. The molecule has 1 aromatic rings. The molecule has 1 saturated heterocycles. The molecule has 1 unspecified atom stereocenters. The Morgan fingerprint density at radius 1 is 1.67 bits per heavy atom. The van der Waals surface area contributed by atoms with Gasteiger partial charge in [-0.05, 0) is 12.8 Å². The Bertz CT molecular complexity index is 457. The summed E-state index contributed by atoms with van der Waals surface area (Å²) in [6.07, 6.45) is 3.48. The lowest BCUT2D eigenvalue weighted by Crippen LogP contribution is -2.32. The van der Waals surface area contributed by atoms with Gasteiger partial charge in [0.15, 0.2) is 0 Å². The Hall–Kier alpha value is -1.11. The van der Waals surface area contributed by atoms with Crippen LogP contribution in [0.2, 0.25) is 5.02 Å². The number of hydrogen-bond donors (Lipinski definition) is 2. The van der Waals surface area contributed by atoms with Gasteiger partial charge in [-0.3, -0.25) is 4.79 Å². The second-order valence-corrected chi connectivity index (χ2v) is 4.56. The van der Waals surface area contributed by atoms with Crippen LogP contribution in [0.4, 0.5) is 5.69 Å². The Kier molecular flexibility index (Phi) is 4.57. The van der Waals surface area contributed by atoms with Crippen molar-refractivity contribution in [3.05, 3.63) is 21.6 Å². The van der Waals surface area contributed by atoms with Crippen LogP contribution >= 0.6 is 11.6 Å². The van der Waals surface area contributed by atoms with Crippen molar-refractivity contribution in [2.75, 3.05) is 25.1 Å². The summed E-state index contributed by atoms with van der Waals surface area (Å²) in [4.78, 5) is 11.8. The molecule has 0 bridgehead atoms. The molecule has 1 fully saturated rings. The summed E-state index contributed by atoms with van der Waals surface area (Å²) in [5, 5.41) is 16.0. The number of hydrogen-bond acceptors (Lipinski definition) is 5. The lowest BCUT2D eigenvalue weighted by Gasteiger charge is -2.24. The highest BCUT2D eigenvalue weighted by molar-refractivity contribution is 6.32. The van der Waals surface area contributed by atoms with Crippen molar-refractivity contribution < 1.29 is 9.84 Å². The van der Waals surface area contributed by atoms with Crippen LogP contribution in [0.15, 0.2) is 11.0 Å². The molecule has 1 atom stereocenters. The number of nitrogens with zero attached hydrogens (tertiary/aromatic N) is 2. The van der Waals surface area contributed by atoms with Gasteiger partial charge in [-0.2, -0.15) is 5.10 Å². The number of nitrogens with one attached hydrogen (secondary N) is 1. The molecule has 6 nitrogen and oxygen atoms in total. The Morgan fingerprint density at radius 2 is 2.50 bits per heavy atom. The van der Waals surface area contributed by atoms with Crippen LogP contribution in [0.25, 0.3) is 0 Å². The molecule has 1 aliphatic rings. The van der Waals surface area contributed by atoms with Gasteiger partial charge in [0.1, 0.15) is 5.02 Å². The molecule has 0 aliphatic carbocycles. The van der Waals surface area contributed by atoms with Crippen molar-refractivity contribution in [2.24, 2.45) is 0 Å². The van der Waals surface area contributed by atoms with Crippen molar-refractivity contribution in [3.8, 4) is 0 Å². The largest absolute Gasteiger partial charge is 0.394 e. The van der Waals surface area contributed by atoms with Crippen LogP contribution < -0.4 is 10.9 Å². The molecule has 0 amide bonds. The Balaban J connectivity index is 2.13. The summed E-state index contributed by atoms with van der Waals surface area (Å²) in [5.41, 5.74) is 0.124. The minimum atomic E-state index is -0.396. The summed E-state index contributed by atoms with van der Waals surface area (Å²) in [7, 11) is 0. The van der Waals surface area contributed by atoms with Gasteiger partial charge in [-0.1, -0.05) is 11.6 Å². The molecule has 0 aromatic carbocycles. The van der Waals surface area contributed by atoms with Gasteiger partial charge in [0.25, 0.3) is 5.56 Å². The first kappa shape index (κ1) is 13.3. The van der Waals surface area contributed by atoms with Gasteiger partial charge >= 0.3 is 0 Å². The highest BCUT2D eigenvalue weighted by Crippen LogP contribution is 2.19. The lowest BCUT2D eigenvalue weighted by molar-refractivity contribution is 0.0876. The van der Waals surface area contributed by atoms with Gasteiger partial charge in [0, 0.05) is 12.6 Å². The van der Waals surface area contributed by atoms with Crippen molar-refractivity contribution in [1.29, 1.82) is 0 Å². The van der Waals surface area contributed by atoms with E-state index < -0.39 is 5.56 Å². The molecule has 1 aromatic heterocycles. The van der Waals surface area contributed by atoms with E-state index in [2.05, 4.69) is 10.4 Å². The van der Waals surface area contributed by atoms with Gasteiger partial charge < -0.3 is 15.2 Å². The van der Waals surface area contributed by atoms with Crippen molar-refractivity contribution in [2.45, 2.75) is 25.4 Å². The predicted octanol–water partition coefficient (Wildman–Crippen LogP) is 0.480. The van der Waals surface area contributed by atoms with E-state index in [4.69, 9.17) is 21.4 Å². The van der Waals surface area contributed by atoms with Crippen LogP contribution in [0, 0.1) is 0 Å². The van der Waals surface area contributed by atoms with E-state index in [9.17, 15) is 4.79 Å². The number of aliphatic hydroxyl groups excluding tert-OH is 1. The zero-order chi connectivity index (χ0) is 13.0. The van der Waals surface area contributed by atoms with Gasteiger partial charge in [-0.25, -0.2) is 4.68 Å². The minimum absolute atomic E-state index is 0.101. The smallest absolute Gasteiger partial charge is 0.287 e. The second-order valence-electron chi connectivity index (χ2n) is 4.18. The topological polar surface area (TPSA) is 76.4 Å². The number of anilines is 1. The number of rotatable bonds is 4. The molecular weight excluding hydrogens is 258 g/mol. The maximum atomic E-state index is 11.8. The van der Waals surface area contributed by atoms with Crippen molar-refractivity contribution >= 4 is 17.3 Å². The SMILES string of the molecule is O=c1c(Cl)c(NC2CCCOC2)cnn1CCO. The standard InChI is InChI=1S/C11H16ClN3O3/c12-10-9(14-8-2-1-5-18-7-8)6-13-15(3-4-16)11(10)17/h6,8,14,16H,1-5,7H2. The highest BCUT2D eigenvalue weighted by atomic mass is 35.5. The summed E-state index contributed by atoms with van der Waals surface area (Å²) in [6, 6.07) is 0.158. The van der Waals surface area contributed by atoms with E-state index in [-0.39, 0.29) is 24.2 Å². The fourth-order valence-electron chi connectivity index (χ4n) is 1.89. The molecule has 2 rings (SSSR count). The number of halogens is 1. The fraction of sp³-hybridized carbons (Fsp3) is 0.636. The monoisotopic (exact) mass is 273 g/mol. The first-order valence-corrected chi connectivity index (χ1v) is 6.31. The maximum Gasteiger partial charge on any atom is 0.287 e. The average molecular weight is 274 g/mol. The zero-order valence-corrected chi connectivity index (χ0v) is 10.7.